The van der Waals surface area contributed by atoms with Crippen LogP contribution in [0.1, 0.15) is 39.5 Å². The number of carbonyl (C=O) groups excluding carboxylic acids is 3. The third kappa shape index (κ3) is 2.78. The summed E-state index contributed by atoms with van der Waals surface area (Å²) >= 11 is 0. The van der Waals surface area contributed by atoms with Crippen molar-refractivity contribution < 1.29 is 19.1 Å². The van der Waals surface area contributed by atoms with Crippen molar-refractivity contribution in [2.75, 3.05) is 0 Å². The van der Waals surface area contributed by atoms with Crippen molar-refractivity contribution in [3.63, 3.8) is 0 Å². The Morgan fingerprint density at radius 2 is 1.67 bits per heavy atom. The van der Waals surface area contributed by atoms with Gasteiger partial charge in [-0.25, -0.2) is 0 Å². The van der Waals surface area contributed by atoms with Gasteiger partial charge in [0, 0.05) is 13.8 Å². The molecular formula is C10H15NO4. The highest BCUT2D eigenvalue weighted by Gasteiger charge is 2.44. The highest BCUT2D eigenvalue weighted by molar-refractivity contribution is 5.99. The first-order chi connectivity index (χ1) is 6.96. The number of imide groups is 1. The zero-order valence-electron chi connectivity index (χ0n) is 8.96. The maximum Gasteiger partial charge on any atom is 0.303 e. The summed E-state index contributed by atoms with van der Waals surface area (Å²) in [5, 5.41) is 2.18. The minimum Gasteiger partial charge on any atom is -0.449 e. The Bertz CT molecular complexity index is 292. The van der Waals surface area contributed by atoms with Gasteiger partial charge in [-0.15, -0.1) is 0 Å². The Kier molecular flexibility index (Phi) is 3.44. The van der Waals surface area contributed by atoms with Crippen molar-refractivity contribution in [3.8, 4) is 0 Å². The lowest BCUT2D eigenvalue weighted by Crippen LogP contribution is -2.49. The lowest BCUT2D eigenvalue weighted by Gasteiger charge is -2.26. The van der Waals surface area contributed by atoms with Crippen LogP contribution in [0.2, 0.25) is 0 Å². The monoisotopic (exact) mass is 213 g/mol. The second kappa shape index (κ2) is 4.42. The molecule has 1 fully saturated rings. The molecule has 0 spiro atoms. The van der Waals surface area contributed by atoms with E-state index in [0.717, 1.165) is 12.8 Å². The molecule has 0 radical (unpaired) electrons. The summed E-state index contributed by atoms with van der Waals surface area (Å²) < 4.78 is 5.06. The normalized spacial score (nSPS) is 18.3. The zero-order valence-corrected chi connectivity index (χ0v) is 8.96. The first-order valence-electron chi connectivity index (χ1n) is 4.98. The average Bonchev–Trinajstić information content (AvgIpc) is 2.51. The van der Waals surface area contributed by atoms with Gasteiger partial charge < -0.3 is 4.74 Å². The molecule has 0 aliphatic heterocycles. The van der Waals surface area contributed by atoms with E-state index in [9.17, 15) is 14.4 Å². The molecule has 2 amide bonds. The van der Waals surface area contributed by atoms with Gasteiger partial charge in [-0.1, -0.05) is 0 Å². The lowest BCUT2D eigenvalue weighted by atomic mass is 10.0. The molecule has 5 heteroatoms. The van der Waals surface area contributed by atoms with Gasteiger partial charge in [-0.3, -0.25) is 19.7 Å². The van der Waals surface area contributed by atoms with Crippen LogP contribution in [-0.4, -0.2) is 23.4 Å². The van der Waals surface area contributed by atoms with Crippen molar-refractivity contribution in [2.45, 2.75) is 45.1 Å². The van der Waals surface area contributed by atoms with E-state index in [1.165, 1.54) is 13.8 Å². The molecule has 1 aliphatic rings. The summed E-state index contributed by atoms with van der Waals surface area (Å²) in [6, 6.07) is 0. The summed E-state index contributed by atoms with van der Waals surface area (Å²) in [7, 11) is 0. The SMILES string of the molecule is CC(=O)NC(=O)C1(OC(C)=O)CCCC1. The van der Waals surface area contributed by atoms with Crippen molar-refractivity contribution in [1.29, 1.82) is 0 Å². The fourth-order valence-electron chi connectivity index (χ4n) is 1.87. The molecule has 0 atom stereocenters. The van der Waals surface area contributed by atoms with Gasteiger partial charge in [0.25, 0.3) is 5.91 Å². The van der Waals surface area contributed by atoms with Gasteiger partial charge >= 0.3 is 5.97 Å². The Labute approximate surface area is 88.2 Å². The second-order valence-electron chi connectivity index (χ2n) is 3.81. The number of hydrogen-bond donors (Lipinski definition) is 1. The van der Waals surface area contributed by atoms with Gasteiger partial charge in [-0.2, -0.15) is 0 Å². The summed E-state index contributed by atoms with van der Waals surface area (Å²) in [6.07, 6.45) is 2.65. The molecule has 0 heterocycles. The Balaban J connectivity index is 2.76. The maximum absolute atomic E-state index is 11.7. The molecule has 5 nitrogen and oxygen atoms in total. The van der Waals surface area contributed by atoms with Crippen molar-refractivity contribution in [2.24, 2.45) is 0 Å². The highest BCUT2D eigenvalue weighted by atomic mass is 16.6. The fraction of sp³-hybridized carbons (Fsp3) is 0.700. The highest BCUT2D eigenvalue weighted by Crippen LogP contribution is 2.33. The van der Waals surface area contributed by atoms with Crippen LogP contribution in [0.3, 0.4) is 0 Å². The quantitative estimate of drug-likeness (QED) is 0.679. The van der Waals surface area contributed by atoms with E-state index >= 15 is 0 Å². The van der Waals surface area contributed by atoms with Crippen LogP contribution < -0.4 is 5.32 Å². The fourth-order valence-corrected chi connectivity index (χ4v) is 1.87. The molecule has 0 aromatic rings. The molecule has 1 N–H and O–H groups in total. The summed E-state index contributed by atoms with van der Waals surface area (Å²) in [5.74, 6) is -1.42. The molecule has 0 aromatic carbocycles. The molecule has 1 saturated carbocycles. The van der Waals surface area contributed by atoms with Crippen LogP contribution in [0.15, 0.2) is 0 Å². The number of amides is 2. The number of esters is 1. The van der Waals surface area contributed by atoms with Gasteiger partial charge in [0.1, 0.15) is 0 Å². The van der Waals surface area contributed by atoms with Gasteiger partial charge in [0.2, 0.25) is 5.91 Å². The zero-order chi connectivity index (χ0) is 11.5. The van der Waals surface area contributed by atoms with Crippen LogP contribution in [0.5, 0.6) is 0 Å². The molecule has 1 aliphatic carbocycles. The van der Waals surface area contributed by atoms with Crippen molar-refractivity contribution in [3.05, 3.63) is 0 Å². The van der Waals surface area contributed by atoms with Gasteiger partial charge in [0.05, 0.1) is 0 Å². The number of rotatable bonds is 2. The van der Waals surface area contributed by atoms with Crippen LogP contribution >= 0.6 is 0 Å². The Hall–Kier alpha value is -1.39. The summed E-state index contributed by atoms with van der Waals surface area (Å²) in [5.41, 5.74) is -1.11. The minimum atomic E-state index is -1.11. The third-order valence-corrected chi connectivity index (χ3v) is 2.45. The summed E-state index contributed by atoms with van der Waals surface area (Å²) in [4.78, 5) is 33.4. The Morgan fingerprint density at radius 1 is 1.13 bits per heavy atom. The largest absolute Gasteiger partial charge is 0.449 e. The van der Waals surface area contributed by atoms with E-state index in [2.05, 4.69) is 5.32 Å². The van der Waals surface area contributed by atoms with Crippen LogP contribution in [-0.2, 0) is 19.1 Å². The first kappa shape index (κ1) is 11.7. The molecule has 0 aromatic heterocycles. The van der Waals surface area contributed by atoms with E-state index in [-0.39, 0.29) is 0 Å². The van der Waals surface area contributed by atoms with E-state index in [4.69, 9.17) is 4.74 Å². The smallest absolute Gasteiger partial charge is 0.303 e. The van der Waals surface area contributed by atoms with Crippen molar-refractivity contribution in [1.82, 2.24) is 5.32 Å². The molecule has 0 unspecified atom stereocenters. The van der Waals surface area contributed by atoms with Gasteiger partial charge in [-0.05, 0) is 25.7 Å². The standard InChI is InChI=1S/C10H15NO4/c1-7(12)11-9(14)10(15-8(2)13)5-3-4-6-10/h3-6H2,1-2H3,(H,11,12,14). The number of hydrogen-bond acceptors (Lipinski definition) is 4. The molecule has 15 heavy (non-hydrogen) atoms. The predicted octanol–water partition coefficient (Wildman–Crippen LogP) is 0.525. The van der Waals surface area contributed by atoms with Gasteiger partial charge in [0.15, 0.2) is 5.60 Å². The Morgan fingerprint density at radius 3 is 2.07 bits per heavy atom. The van der Waals surface area contributed by atoms with E-state index in [0.29, 0.717) is 12.8 Å². The van der Waals surface area contributed by atoms with E-state index in [1.54, 1.807) is 0 Å². The predicted molar refractivity (Wildman–Crippen MR) is 51.8 cm³/mol. The molecule has 0 bridgehead atoms. The molecule has 0 saturated heterocycles. The third-order valence-electron chi connectivity index (χ3n) is 2.45. The number of carbonyl (C=O) groups is 3. The average molecular weight is 213 g/mol. The van der Waals surface area contributed by atoms with E-state index in [1.807, 2.05) is 0 Å². The summed E-state index contributed by atoms with van der Waals surface area (Å²) in [6.45, 7) is 2.52. The number of ether oxygens (including phenoxy) is 1. The van der Waals surface area contributed by atoms with E-state index < -0.39 is 23.4 Å². The molecule has 1 rings (SSSR count). The molecular weight excluding hydrogens is 198 g/mol. The van der Waals surface area contributed by atoms with Crippen molar-refractivity contribution >= 4 is 17.8 Å². The van der Waals surface area contributed by atoms with Crippen LogP contribution in [0, 0.1) is 0 Å². The second-order valence-corrected chi connectivity index (χ2v) is 3.81. The topological polar surface area (TPSA) is 72.5 Å². The minimum absolute atomic E-state index is 0.432. The van der Waals surface area contributed by atoms with Crippen LogP contribution in [0.4, 0.5) is 0 Å². The van der Waals surface area contributed by atoms with Crippen LogP contribution in [0.25, 0.3) is 0 Å². The number of nitrogens with one attached hydrogen (secondary N) is 1. The molecule has 84 valence electrons. The maximum atomic E-state index is 11.7. The lowest BCUT2D eigenvalue weighted by molar-refractivity contribution is -0.167. The first-order valence-corrected chi connectivity index (χ1v) is 4.98.